The van der Waals surface area contributed by atoms with Gasteiger partial charge in [0.15, 0.2) is 0 Å². The number of aromatic carboxylic acids is 1. The van der Waals surface area contributed by atoms with Crippen LogP contribution in [0, 0.1) is 5.82 Å². The minimum Gasteiger partial charge on any atom is -0.478 e. The Morgan fingerprint density at radius 1 is 0.842 bits per heavy atom. The standard InChI is InChI=1S/C31H25FN2O4/c1-33(23-11-7-4-8-12-23)19-28(35)34(2)26-18-27-25(17-24(26)20-9-5-3-6-10-20)29(31(36)37)30(38-27)21-13-15-22(32)16-14-21/h3-18H,19H2,1-2H3,(H,36,37). The molecule has 0 aliphatic carbocycles. The van der Waals surface area contributed by atoms with Crippen molar-refractivity contribution in [3.8, 4) is 22.5 Å². The average molecular weight is 509 g/mol. The van der Waals surface area contributed by atoms with Crippen molar-refractivity contribution < 1.29 is 23.5 Å². The zero-order chi connectivity index (χ0) is 26.8. The number of benzene rings is 4. The smallest absolute Gasteiger partial charge is 0.340 e. The summed E-state index contributed by atoms with van der Waals surface area (Å²) in [6, 6.07) is 28.0. The Hall–Kier alpha value is -4.91. The summed E-state index contributed by atoms with van der Waals surface area (Å²) in [4.78, 5) is 29.2. The Balaban J connectivity index is 1.63. The van der Waals surface area contributed by atoms with Crippen molar-refractivity contribution in [1.82, 2.24) is 0 Å². The molecule has 6 nitrogen and oxygen atoms in total. The van der Waals surface area contributed by atoms with E-state index in [0.717, 1.165) is 11.3 Å². The van der Waals surface area contributed by atoms with E-state index >= 15 is 0 Å². The van der Waals surface area contributed by atoms with Crippen LogP contribution < -0.4 is 9.80 Å². The molecule has 4 aromatic carbocycles. The maximum atomic E-state index is 13.5. The van der Waals surface area contributed by atoms with E-state index in [1.807, 2.05) is 72.6 Å². The van der Waals surface area contributed by atoms with Crippen LogP contribution in [0.15, 0.2) is 101 Å². The van der Waals surface area contributed by atoms with E-state index in [2.05, 4.69) is 0 Å². The number of furan rings is 1. The highest BCUT2D eigenvalue weighted by Gasteiger charge is 2.26. The molecule has 0 saturated heterocycles. The molecule has 0 atom stereocenters. The third kappa shape index (κ3) is 4.74. The summed E-state index contributed by atoms with van der Waals surface area (Å²) >= 11 is 0. The van der Waals surface area contributed by atoms with Crippen LogP contribution in [-0.2, 0) is 4.79 Å². The van der Waals surface area contributed by atoms with Crippen molar-refractivity contribution in [3.05, 3.63) is 108 Å². The van der Waals surface area contributed by atoms with Crippen LogP contribution >= 0.6 is 0 Å². The highest BCUT2D eigenvalue weighted by atomic mass is 19.1. The number of rotatable bonds is 7. The lowest BCUT2D eigenvalue weighted by Crippen LogP contribution is -2.36. The van der Waals surface area contributed by atoms with Crippen molar-refractivity contribution in [1.29, 1.82) is 0 Å². The highest BCUT2D eigenvalue weighted by Crippen LogP contribution is 2.40. The van der Waals surface area contributed by atoms with Gasteiger partial charge in [0, 0.05) is 42.4 Å². The number of anilines is 2. The molecule has 0 radical (unpaired) electrons. The molecule has 190 valence electrons. The first-order valence-electron chi connectivity index (χ1n) is 12.0. The second-order valence-electron chi connectivity index (χ2n) is 8.99. The van der Waals surface area contributed by atoms with Gasteiger partial charge in [-0.2, -0.15) is 0 Å². The van der Waals surface area contributed by atoms with Crippen LogP contribution in [0.4, 0.5) is 15.8 Å². The van der Waals surface area contributed by atoms with E-state index < -0.39 is 11.8 Å². The molecule has 0 fully saturated rings. The first-order chi connectivity index (χ1) is 18.3. The third-order valence-electron chi connectivity index (χ3n) is 6.52. The van der Waals surface area contributed by atoms with E-state index in [-0.39, 0.29) is 23.8 Å². The molecule has 5 aromatic rings. The molecule has 0 unspecified atom stereocenters. The summed E-state index contributed by atoms with van der Waals surface area (Å²) in [6.45, 7) is 0.131. The Morgan fingerprint density at radius 3 is 2.11 bits per heavy atom. The van der Waals surface area contributed by atoms with Gasteiger partial charge >= 0.3 is 5.97 Å². The van der Waals surface area contributed by atoms with Crippen molar-refractivity contribution in [2.75, 3.05) is 30.4 Å². The van der Waals surface area contributed by atoms with Crippen LogP contribution in [-0.4, -0.2) is 37.6 Å². The summed E-state index contributed by atoms with van der Waals surface area (Å²) in [6.07, 6.45) is 0. The summed E-state index contributed by atoms with van der Waals surface area (Å²) < 4.78 is 19.6. The molecule has 1 aromatic heterocycles. The number of likely N-dealkylation sites (N-methyl/N-ethyl adjacent to an activating group) is 2. The van der Waals surface area contributed by atoms with Gasteiger partial charge < -0.3 is 19.3 Å². The molecule has 1 amide bonds. The van der Waals surface area contributed by atoms with Gasteiger partial charge in [0.05, 0.1) is 12.2 Å². The van der Waals surface area contributed by atoms with Gasteiger partial charge in [-0.3, -0.25) is 4.79 Å². The van der Waals surface area contributed by atoms with Crippen molar-refractivity contribution in [3.63, 3.8) is 0 Å². The van der Waals surface area contributed by atoms with Crippen molar-refractivity contribution in [2.24, 2.45) is 0 Å². The van der Waals surface area contributed by atoms with Crippen molar-refractivity contribution in [2.45, 2.75) is 0 Å². The molecular weight excluding hydrogens is 483 g/mol. The lowest BCUT2D eigenvalue weighted by Gasteiger charge is -2.25. The minimum atomic E-state index is -1.16. The van der Waals surface area contributed by atoms with E-state index in [9.17, 15) is 19.1 Å². The predicted molar refractivity (Wildman–Crippen MR) is 147 cm³/mol. The first-order valence-corrected chi connectivity index (χ1v) is 12.0. The summed E-state index contributed by atoms with van der Waals surface area (Å²) in [5.74, 6) is -1.63. The van der Waals surface area contributed by atoms with E-state index in [4.69, 9.17) is 4.42 Å². The van der Waals surface area contributed by atoms with Gasteiger partial charge in [-0.1, -0.05) is 48.5 Å². The lowest BCUT2D eigenvalue weighted by molar-refractivity contribution is -0.117. The molecule has 0 saturated carbocycles. The zero-order valence-electron chi connectivity index (χ0n) is 20.9. The third-order valence-corrected chi connectivity index (χ3v) is 6.52. The van der Waals surface area contributed by atoms with Crippen LogP contribution in [0.25, 0.3) is 33.4 Å². The second-order valence-corrected chi connectivity index (χ2v) is 8.99. The molecule has 0 bridgehead atoms. The number of carboxylic acids is 1. The SMILES string of the molecule is CN(CC(=O)N(C)c1cc2oc(-c3ccc(F)cc3)c(C(=O)O)c2cc1-c1ccccc1)c1ccccc1. The fourth-order valence-corrected chi connectivity index (χ4v) is 4.49. The molecule has 0 aliphatic rings. The fraction of sp³-hybridized carbons (Fsp3) is 0.0968. The number of halogens is 1. The van der Waals surface area contributed by atoms with Gasteiger partial charge in [0.1, 0.15) is 22.7 Å². The van der Waals surface area contributed by atoms with Gasteiger partial charge in [-0.05, 0) is 48.0 Å². The van der Waals surface area contributed by atoms with Gasteiger partial charge in [0.25, 0.3) is 0 Å². The number of hydrogen-bond donors (Lipinski definition) is 1. The Morgan fingerprint density at radius 2 is 1.47 bits per heavy atom. The predicted octanol–water partition coefficient (Wildman–Crippen LogP) is 6.70. The fourth-order valence-electron chi connectivity index (χ4n) is 4.49. The number of carboxylic acid groups (broad SMARTS) is 1. The minimum absolute atomic E-state index is 0.0203. The Labute approximate surface area is 219 Å². The van der Waals surface area contributed by atoms with Gasteiger partial charge in [-0.15, -0.1) is 0 Å². The quantitative estimate of drug-likeness (QED) is 0.265. The lowest BCUT2D eigenvalue weighted by atomic mass is 9.98. The monoisotopic (exact) mass is 508 g/mol. The van der Waals surface area contributed by atoms with Crippen LogP contribution in [0.3, 0.4) is 0 Å². The van der Waals surface area contributed by atoms with Crippen LogP contribution in [0.2, 0.25) is 0 Å². The summed E-state index contributed by atoms with van der Waals surface area (Å²) in [5.41, 5.74) is 3.73. The van der Waals surface area contributed by atoms with Gasteiger partial charge in [0.2, 0.25) is 5.91 Å². The van der Waals surface area contributed by atoms with E-state index in [1.54, 1.807) is 24.1 Å². The van der Waals surface area contributed by atoms with Gasteiger partial charge in [-0.25, -0.2) is 9.18 Å². The highest BCUT2D eigenvalue weighted by molar-refractivity contribution is 6.11. The summed E-state index contributed by atoms with van der Waals surface area (Å²) in [7, 11) is 3.54. The van der Waals surface area contributed by atoms with Crippen LogP contribution in [0.1, 0.15) is 10.4 Å². The molecule has 1 heterocycles. The number of amides is 1. The Bertz CT molecular complexity index is 1610. The first kappa shape index (κ1) is 24.8. The number of hydrogen-bond acceptors (Lipinski definition) is 4. The molecule has 1 N–H and O–H groups in total. The van der Waals surface area contributed by atoms with E-state index in [1.165, 1.54) is 24.3 Å². The second kappa shape index (κ2) is 10.2. The number of fused-ring (bicyclic) bond motifs is 1. The maximum Gasteiger partial charge on any atom is 0.340 e. The molecule has 0 spiro atoms. The molecular formula is C31H25FN2O4. The zero-order valence-corrected chi connectivity index (χ0v) is 20.9. The normalized spacial score (nSPS) is 10.9. The van der Waals surface area contributed by atoms with Crippen LogP contribution in [0.5, 0.6) is 0 Å². The molecule has 0 aliphatic heterocycles. The Kier molecular flexibility index (Phi) is 6.66. The average Bonchev–Trinajstić information content (AvgIpc) is 3.32. The van der Waals surface area contributed by atoms with E-state index in [0.29, 0.717) is 27.8 Å². The molecule has 38 heavy (non-hydrogen) atoms. The number of carbonyl (C=O) groups excluding carboxylic acids is 1. The topological polar surface area (TPSA) is 74.0 Å². The number of para-hydroxylation sites is 1. The van der Waals surface area contributed by atoms with Crippen molar-refractivity contribution >= 4 is 34.2 Å². The number of carbonyl (C=O) groups is 2. The maximum absolute atomic E-state index is 13.5. The summed E-state index contributed by atoms with van der Waals surface area (Å²) in [5, 5.41) is 10.5. The molecule has 5 rings (SSSR count). The number of nitrogens with zero attached hydrogens (tertiary/aromatic N) is 2. The molecule has 7 heteroatoms. The largest absolute Gasteiger partial charge is 0.478 e.